The summed E-state index contributed by atoms with van der Waals surface area (Å²) in [5, 5.41) is 0.922. The van der Waals surface area contributed by atoms with Gasteiger partial charge < -0.3 is 4.90 Å². The predicted molar refractivity (Wildman–Crippen MR) is 90.2 cm³/mol. The van der Waals surface area contributed by atoms with Crippen LogP contribution in [-0.2, 0) is 11.8 Å². The third-order valence-corrected chi connectivity index (χ3v) is 4.88. The smallest absolute Gasteiger partial charge is 0.0445 e. The summed E-state index contributed by atoms with van der Waals surface area (Å²) in [6.45, 7) is 4.52. The predicted octanol–water partition coefficient (Wildman–Crippen LogP) is 5.36. The zero-order valence-electron chi connectivity index (χ0n) is 12.1. The van der Waals surface area contributed by atoms with Crippen LogP contribution >= 0.6 is 15.9 Å². The van der Waals surface area contributed by atoms with E-state index in [9.17, 15) is 0 Å². The van der Waals surface area contributed by atoms with Gasteiger partial charge in [-0.1, -0.05) is 40.2 Å². The Balaban J connectivity index is 2.07. The van der Waals surface area contributed by atoms with Crippen molar-refractivity contribution >= 4 is 27.3 Å². The van der Waals surface area contributed by atoms with Gasteiger partial charge in [0.1, 0.15) is 0 Å². The zero-order chi connectivity index (χ0) is 14.1. The molecular formula is C18H20BrN. The molecule has 1 unspecified atom stereocenters. The van der Waals surface area contributed by atoms with Crippen LogP contribution in [0, 0.1) is 6.92 Å². The molecule has 20 heavy (non-hydrogen) atoms. The van der Waals surface area contributed by atoms with E-state index in [4.69, 9.17) is 0 Å². The van der Waals surface area contributed by atoms with Gasteiger partial charge in [0, 0.05) is 22.7 Å². The van der Waals surface area contributed by atoms with E-state index < -0.39 is 0 Å². The lowest BCUT2D eigenvalue weighted by molar-refractivity contribution is 0.618. The summed E-state index contributed by atoms with van der Waals surface area (Å²) < 4.78 is 0. The largest absolute Gasteiger partial charge is 0.338 e. The SMILES string of the molecule is Cc1cc(N2c3ccccc3CCC2C)ccc1CBr. The fourth-order valence-electron chi connectivity index (χ4n) is 3.06. The zero-order valence-corrected chi connectivity index (χ0v) is 13.7. The third kappa shape index (κ3) is 2.37. The number of hydrogen-bond donors (Lipinski definition) is 0. The maximum absolute atomic E-state index is 3.55. The Bertz CT molecular complexity index is 621. The van der Waals surface area contributed by atoms with Gasteiger partial charge in [-0.2, -0.15) is 0 Å². The number of aryl methyl sites for hydroxylation is 2. The Hall–Kier alpha value is -1.28. The average Bonchev–Trinajstić information content (AvgIpc) is 2.47. The number of rotatable bonds is 2. The summed E-state index contributed by atoms with van der Waals surface area (Å²) in [5.41, 5.74) is 6.87. The molecule has 0 bridgehead atoms. The van der Waals surface area contributed by atoms with E-state index in [1.165, 1.54) is 40.9 Å². The molecule has 3 rings (SSSR count). The van der Waals surface area contributed by atoms with Gasteiger partial charge in [0.2, 0.25) is 0 Å². The summed E-state index contributed by atoms with van der Waals surface area (Å²) in [6, 6.07) is 16.2. The molecule has 0 saturated carbocycles. The molecule has 1 atom stereocenters. The van der Waals surface area contributed by atoms with E-state index in [-0.39, 0.29) is 0 Å². The van der Waals surface area contributed by atoms with E-state index in [1.54, 1.807) is 0 Å². The molecular weight excluding hydrogens is 310 g/mol. The molecule has 1 nitrogen and oxygen atoms in total. The van der Waals surface area contributed by atoms with Crippen molar-refractivity contribution in [3.05, 3.63) is 59.2 Å². The maximum atomic E-state index is 3.55. The Morgan fingerprint density at radius 1 is 1.20 bits per heavy atom. The van der Waals surface area contributed by atoms with E-state index in [1.807, 2.05) is 0 Å². The molecule has 0 fully saturated rings. The number of hydrogen-bond acceptors (Lipinski definition) is 1. The van der Waals surface area contributed by atoms with Crippen molar-refractivity contribution in [2.45, 2.75) is 38.1 Å². The fraction of sp³-hybridized carbons (Fsp3) is 0.333. The van der Waals surface area contributed by atoms with Gasteiger partial charge in [0.15, 0.2) is 0 Å². The van der Waals surface area contributed by atoms with Crippen molar-refractivity contribution in [3.63, 3.8) is 0 Å². The molecule has 1 aliphatic heterocycles. The van der Waals surface area contributed by atoms with Crippen LogP contribution in [0.5, 0.6) is 0 Å². The molecule has 0 aromatic heterocycles. The van der Waals surface area contributed by atoms with Crippen LogP contribution in [0.3, 0.4) is 0 Å². The molecule has 0 amide bonds. The molecule has 104 valence electrons. The minimum atomic E-state index is 0.555. The summed E-state index contributed by atoms with van der Waals surface area (Å²) in [7, 11) is 0. The molecule has 2 aromatic rings. The van der Waals surface area contributed by atoms with Gasteiger partial charge in [0.25, 0.3) is 0 Å². The van der Waals surface area contributed by atoms with Crippen LogP contribution in [0.15, 0.2) is 42.5 Å². The first kappa shape index (κ1) is 13.7. The van der Waals surface area contributed by atoms with Gasteiger partial charge >= 0.3 is 0 Å². The Labute approximate surface area is 129 Å². The maximum Gasteiger partial charge on any atom is 0.0445 e. The summed E-state index contributed by atoms with van der Waals surface area (Å²) in [4.78, 5) is 2.49. The quantitative estimate of drug-likeness (QED) is 0.670. The lowest BCUT2D eigenvalue weighted by Gasteiger charge is -2.37. The number of para-hydroxylation sites is 1. The van der Waals surface area contributed by atoms with Crippen molar-refractivity contribution in [3.8, 4) is 0 Å². The van der Waals surface area contributed by atoms with Crippen LogP contribution in [0.1, 0.15) is 30.0 Å². The summed E-state index contributed by atoms with van der Waals surface area (Å²) in [6.07, 6.45) is 2.41. The third-order valence-electron chi connectivity index (χ3n) is 4.27. The van der Waals surface area contributed by atoms with Gasteiger partial charge in [-0.3, -0.25) is 0 Å². The minimum Gasteiger partial charge on any atom is -0.338 e. The first-order valence-corrected chi connectivity index (χ1v) is 8.35. The van der Waals surface area contributed by atoms with Gasteiger partial charge in [-0.05, 0) is 61.6 Å². The second-order valence-corrected chi connectivity index (χ2v) is 6.19. The molecule has 2 aromatic carbocycles. The van der Waals surface area contributed by atoms with E-state index >= 15 is 0 Å². The number of fused-ring (bicyclic) bond motifs is 1. The standard InChI is InChI=1S/C18H20BrN/c1-13-11-17(10-9-16(13)12-19)20-14(2)7-8-15-5-3-4-6-18(15)20/h3-6,9-11,14H,7-8,12H2,1-2H3. The molecule has 2 heteroatoms. The van der Waals surface area contributed by atoms with Crippen LogP contribution in [0.25, 0.3) is 0 Å². The van der Waals surface area contributed by atoms with Crippen LogP contribution in [0.4, 0.5) is 11.4 Å². The number of nitrogens with zero attached hydrogens (tertiary/aromatic N) is 1. The first-order chi connectivity index (χ1) is 9.70. The van der Waals surface area contributed by atoms with E-state index in [0.717, 1.165) is 5.33 Å². The number of benzene rings is 2. The van der Waals surface area contributed by atoms with Gasteiger partial charge in [-0.15, -0.1) is 0 Å². The van der Waals surface area contributed by atoms with Gasteiger partial charge in [0.05, 0.1) is 0 Å². The molecule has 0 spiro atoms. The first-order valence-electron chi connectivity index (χ1n) is 7.23. The van der Waals surface area contributed by atoms with Crippen LogP contribution in [0.2, 0.25) is 0 Å². The van der Waals surface area contributed by atoms with Gasteiger partial charge in [-0.25, -0.2) is 0 Å². The summed E-state index contributed by atoms with van der Waals surface area (Å²) >= 11 is 3.55. The number of alkyl halides is 1. The minimum absolute atomic E-state index is 0.555. The van der Waals surface area contributed by atoms with E-state index in [2.05, 4.69) is 77.1 Å². The topological polar surface area (TPSA) is 3.24 Å². The molecule has 0 aliphatic carbocycles. The van der Waals surface area contributed by atoms with Crippen LogP contribution < -0.4 is 4.90 Å². The highest BCUT2D eigenvalue weighted by atomic mass is 79.9. The highest BCUT2D eigenvalue weighted by molar-refractivity contribution is 9.08. The van der Waals surface area contributed by atoms with Crippen molar-refractivity contribution < 1.29 is 0 Å². The Kier molecular flexibility index (Phi) is 3.84. The normalized spacial score (nSPS) is 17.9. The van der Waals surface area contributed by atoms with Crippen molar-refractivity contribution in [2.24, 2.45) is 0 Å². The average molecular weight is 330 g/mol. The Morgan fingerprint density at radius 3 is 2.75 bits per heavy atom. The summed E-state index contributed by atoms with van der Waals surface area (Å²) in [5.74, 6) is 0. The second-order valence-electron chi connectivity index (χ2n) is 5.63. The molecule has 1 heterocycles. The van der Waals surface area contributed by atoms with E-state index in [0.29, 0.717) is 6.04 Å². The monoisotopic (exact) mass is 329 g/mol. The lowest BCUT2D eigenvalue weighted by Crippen LogP contribution is -2.33. The number of halogens is 1. The Morgan fingerprint density at radius 2 is 2.00 bits per heavy atom. The highest BCUT2D eigenvalue weighted by Gasteiger charge is 2.24. The second kappa shape index (κ2) is 5.61. The van der Waals surface area contributed by atoms with Crippen LogP contribution in [-0.4, -0.2) is 6.04 Å². The fourth-order valence-corrected chi connectivity index (χ4v) is 3.69. The van der Waals surface area contributed by atoms with Crippen molar-refractivity contribution in [1.82, 2.24) is 0 Å². The number of anilines is 2. The van der Waals surface area contributed by atoms with Crippen molar-refractivity contribution in [2.75, 3.05) is 4.90 Å². The highest BCUT2D eigenvalue weighted by Crippen LogP contribution is 2.37. The molecule has 0 N–H and O–H groups in total. The molecule has 1 aliphatic rings. The lowest BCUT2D eigenvalue weighted by atomic mass is 9.95. The molecule has 0 saturated heterocycles. The molecule has 0 radical (unpaired) electrons. The van der Waals surface area contributed by atoms with Crippen molar-refractivity contribution in [1.29, 1.82) is 0 Å².